The van der Waals surface area contributed by atoms with E-state index in [4.69, 9.17) is 9.57 Å². The molecule has 0 saturated heterocycles. The summed E-state index contributed by atoms with van der Waals surface area (Å²) in [5.41, 5.74) is 0.877. The summed E-state index contributed by atoms with van der Waals surface area (Å²) in [6.07, 6.45) is 1.34. The van der Waals surface area contributed by atoms with Crippen LogP contribution in [0, 0.1) is 10.1 Å². The number of carbonyl (C=O) groups excluding carboxylic acids is 1. The predicted octanol–water partition coefficient (Wildman–Crippen LogP) is 0.936. The highest BCUT2D eigenvalue weighted by Crippen LogP contribution is 2.19. The molecule has 1 aromatic carbocycles. The average Bonchev–Trinajstić information content (AvgIpc) is 2.79. The van der Waals surface area contributed by atoms with Crippen LogP contribution >= 0.6 is 0 Å². The molecule has 100 valence electrons. The van der Waals surface area contributed by atoms with Gasteiger partial charge in [0.2, 0.25) is 6.61 Å². The molecule has 0 fully saturated rings. The lowest BCUT2D eigenvalue weighted by atomic mass is 10.3. The Balaban J connectivity index is 2.21. The van der Waals surface area contributed by atoms with E-state index >= 15 is 0 Å². The molecule has 2 rings (SSSR count). The van der Waals surface area contributed by atoms with Gasteiger partial charge in [0.15, 0.2) is 0 Å². The quantitative estimate of drug-likeness (QED) is 0.453. The van der Waals surface area contributed by atoms with Crippen molar-refractivity contribution in [2.75, 3.05) is 13.2 Å². The Morgan fingerprint density at radius 1 is 1.53 bits per heavy atom. The number of aromatic nitrogens is 2. The van der Waals surface area contributed by atoms with Gasteiger partial charge in [-0.2, -0.15) is 4.73 Å². The van der Waals surface area contributed by atoms with E-state index in [0.717, 1.165) is 0 Å². The van der Waals surface area contributed by atoms with Crippen LogP contribution in [-0.2, 0) is 9.53 Å². The van der Waals surface area contributed by atoms with E-state index in [1.807, 2.05) is 0 Å². The van der Waals surface area contributed by atoms with Crippen LogP contribution in [0.1, 0.15) is 6.92 Å². The van der Waals surface area contributed by atoms with Crippen molar-refractivity contribution in [3.8, 4) is 0 Å². The van der Waals surface area contributed by atoms with Gasteiger partial charge in [-0.05, 0) is 13.0 Å². The standard InChI is InChI=1S/C11H11N3O5/c1-2-18-11(15)6-19-13-7-12-9-4-3-8(14(16)17)5-10(9)13/h3-5,7H,2,6H2,1H3. The number of nitro benzene ring substituents is 1. The van der Waals surface area contributed by atoms with Gasteiger partial charge >= 0.3 is 5.97 Å². The Hall–Kier alpha value is -2.64. The van der Waals surface area contributed by atoms with Gasteiger partial charge < -0.3 is 9.57 Å². The molecular weight excluding hydrogens is 254 g/mol. The molecule has 2 aromatic rings. The summed E-state index contributed by atoms with van der Waals surface area (Å²) in [5.74, 6) is -0.519. The zero-order chi connectivity index (χ0) is 13.8. The summed E-state index contributed by atoms with van der Waals surface area (Å²) in [6.45, 7) is 1.66. The lowest BCUT2D eigenvalue weighted by Crippen LogP contribution is -2.21. The number of nitrogens with zero attached hydrogens (tertiary/aromatic N) is 3. The molecule has 0 N–H and O–H groups in total. The number of hydrogen-bond acceptors (Lipinski definition) is 6. The molecule has 0 spiro atoms. The molecule has 8 nitrogen and oxygen atoms in total. The van der Waals surface area contributed by atoms with Gasteiger partial charge in [0, 0.05) is 12.1 Å². The summed E-state index contributed by atoms with van der Waals surface area (Å²) in [7, 11) is 0. The number of hydrogen-bond donors (Lipinski definition) is 0. The molecule has 19 heavy (non-hydrogen) atoms. The number of nitro groups is 1. The van der Waals surface area contributed by atoms with Crippen molar-refractivity contribution in [3.05, 3.63) is 34.6 Å². The van der Waals surface area contributed by atoms with E-state index in [1.165, 1.54) is 29.3 Å². The van der Waals surface area contributed by atoms with Gasteiger partial charge in [-0.3, -0.25) is 10.1 Å². The molecular formula is C11H11N3O5. The number of ether oxygens (including phenoxy) is 1. The molecule has 0 aliphatic rings. The smallest absolute Gasteiger partial charge is 0.346 e. The molecule has 0 radical (unpaired) electrons. The molecule has 0 unspecified atom stereocenters. The van der Waals surface area contributed by atoms with Crippen LogP contribution in [0.15, 0.2) is 24.5 Å². The Kier molecular flexibility index (Phi) is 3.60. The van der Waals surface area contributed by atoms with Crippen molar-refractivity contribution in [2.45, 2.75) is 6.92 Å². The van der Waals surface area contributed by atoms with Crippen molar-refractivity contribution in [3.63, 3.8) is 0 Å². The number of fused-ring (bicyclic) bond motifs is 1. The Labute approximate surface area is 107 Å². The molecule has 0 saturated carbocycles. The van der Waals surface area contributed by atoms with Gasteiger partial charge in [-0.1, -0.05) is 0 Å². The first kappa shape index (κ1) is 12.8. The lowest BCUT2D eigenvalue weighted by molar-refractivity contribution is -0.384. The number of imidazole rings is 1. The summed E-state index contributed by atoms with van der Waals surface area (Å²) in [4.78, 5) is 30.5. The molecule has 0 amide bonds. The summed E-state index contributed by atoms with van der Waals surface area (Å²) in [6, 6.07) is 4.19. The van der Waals surface area contributed by atoms with Gasteiger partial charge in [0.05, 0.1) is 17.0 Å². The van der Waals surface area contributed by atoms with Gasteiger partial charge in [-0.25, -0.2) is 9.78 Å². The van der Waals surface area contributed by atoms with Crippen molar-refractivity contribution < 1.29 is 19.3 Å². The number of carbonyl (C=O) groups is 1. The van der Waals surface area contributed by atoms with Crippen molar-refractivity contribution in [1.29, 1.82) is 0 Å². The van der Waals surface area contributed by atoms with Crippen molar-refractivity contribution in [2.24, 2.45) is 0 Å². The Bertz CT molecular complexity index is 622. The minimum atomic E-state index is -0.519. The molecule has 0 atom stereocenters. The first-order valence-corrected chi connectivity index (χ1v) is 5.52. The van der Waals surface area contributed by atoms with E-state index in [2.05, 4.69) is 4.98 Å². The maximum Gasteiger partial charge on any atom is 0.346 e. The van der Waals surface area contributed by atoms with Gasteiger partial charge in [0.1, 0.15) is 11.8 Å². The second kappa shape index (κ2) is 5.34. The number of non-ortho nitro benzene ring substituents is 1. The topological polar surface area (TPSA) is 96.5 Å². The van der Waals surface area contributed by atoms with Crippen LogP contribution in [0.2, 0.25) is 0 Å². The number of rotatable bonds is 5. The molecule has 0 aliphatic heterocycles. The SMILES string of the molecule is CCOC(=O)COn1cnc2ccc([N+](=O)[O-])cc21. The summed E-state index contributed by atoms with van der Waals surface area (Å²) in [5, 5.41) is 10.7. The second-order valence-electron chi connectivity index (χ2n) is 3.58. The lowest BCUT2D eigenvalue weighted by Gasteiger charge is -2.06. The third-order valence-corrected chi connectivity index (χ3v) is 2.34. The first-order chi connectivity index (χ1) is 9.11. The van der Waals surface area contributed by atoms with Gasteiger partial charge in [-0.15, -0.1) is 0 Å². The monoisotopic (exact) mass is 265 g/mol. The largest absolute Gasteiger partial charge is 0.463 e. The zero-order valence-corrected chi connectivity index (χ0v) is 10.1. The summed E-state index contributed by atoms with van der Waals surface area (Å²) >= 11 is 0. The molecule has 1 aromatic heterocycles. The molecule has 1 heterocycles. The minimum absolute atomic E-state index is 0.0750. The Morgan fingerprint density at radius 2 is 2.32 bits per heavy atom. The normalized spacial score (nSPS) is 10.4. The highest BCUT2D eigenvalue weighted by Gasteiger charge is 2.12. The fourth-order valence-corrected chi connectivity index (χ4v) is 1.52. The Morgan fingerprint density at radius 3 is 3.00 bits per heavy atom. The van der Waals surface area contributed by atoms with E-state index in [9.17, 15) is 14.9 Å². The third-order valence-electron chi connectivity index (χ3n) is 2.34. The fraction of sp³-hybridized carbons (Fsp3) is 0.273. The van der Waals surface area contributed by atoms with Crippen LogP contribution in [0.25, 0.3) is 11.0 Å². The van der Waals surface area contributed by atoms with E-state index < -0.39 is 10.9 Å². The average molecular weight is 265 g/mol. The van der Waals surface area contributed by atoms with Crippen LogP contribution < -0.4 is 4.84 Å². The van der Waals surface area contributed by atoms with Crippen LogP contribution in [0.4, 0.5) is 5.69 Å². The highest BCUT2D eigenvalue weighted by molar-refractivity contribution is 5.78. The maximum absolute atomic E-state index is 11.2. The van der Waals surface area contributed by atoms with Gasteiger partial charge in [0.25, 0.3) is 5.69 Å². The zero-order valence-electron chi connectivity index (χ0n) is 10.1. The minimum Gasteiger partial charge on any atom is -0.463 e. The fourth-order valence-electron chi connectivity index (χ4n) is 1.52. The summed E-state index contributed by atoms with van der Waals surface area (Å²) < 4.78 is 5.92. The third kappa shape index (κ3) is 2.79. The number of benzene rings is 1. The predicted molar refractivity (Wildman–Crippen MR) is 64.5 cm³/mol. The maximum atomic E-state index is 11.2. The van der Waals surface area contributed by atoms with Crippen molar-refractivity contribution >= 4 is 22.7 Å². The van der Waals surface area contributed by atoms with E-state index in [-0.39, 0.29) is 18.9 Å². The molecule has 0 aliphatic carbocycles. The van der Waals surface area contributed by atoms with Crippen LogP contribution in [0.5, 0.6) is 0 Å². The van der Waals surface area contributed by atoms with Crippen LogP contribution in [-0.4, -0.2) is 33.8 Å². The first-order valence-electron chi connectivity index (χ1n) is 5.52. The van der Waals surface area contributed by atoms with Crippen LogP contribution in [0.3, 0.4) is 0 Å². The van der Waals surface area contributed by atoms with E-state index in [1.54, 1.807) is 6.92 Å². The van der Waals surface area contributed by atoms with E-state index in [0.29, 0.717) is 11.0 Å². The highest BCUT2D eigenvalue weighted by atomic mass is 16.7. The molecule has 0 bridgehead atoms. The number of esters is 1. The molecule has 8 heteroatoms. The second-order valence-corrected chi connectivity index (χ2v) is 3.58. The van der Waals surface area contributed by atoms with Crippen molar-refractivity contribution in [1.82, 2.24) is 9.71 Å².